The number of hydrogen-bond donors (Lipinski definition) is 3. The van der Waals surface area contributed by atoms with E-state index < -0.39 is 11.8 Å². The molecule has 0 atom stereocenters. The van der Waals surface area contributed by atoms with Crippen molar-refractivity contribution in [1.29, 1.82) is 0 Å². The van der Waals surface area contributed by atoms with Crippen LogP contribution in [0.15, 0.2) is 45.3 Å². The van der Waals surface area contributed by atoms with E-state index in [1.54, 1.807) is 12.1 Å². The summed E-state index contributed by atoms with van der Waals surface area (Å²) in [6.07, 6.45) is 1.53. The van der Waals surface area contributed by atoms with Gasteiger partial charge < -0.3 is 0 Å². The normalized spacial score (nSPS) is 10.6. The molecule has 0 aliphatic carbocycles. The lowest BCUT2D eigenvalue weighted by molar-refractivity contribution is 0.0706. The maximum absolute atomic E-state index is 11.9. The van der Waals surface area contributed by atoms with E-state index in [9.17, 15) is 9.59 Å². The molecule has 6 nitrogen and oxygen atoms in total. The van der Waals surface area contributed by atoms with Gasteiger partial charge in [0.1, 0.15) is 0 Å². The van der Waals surface area contributed by atoms with Crippen LogP contribution in [-0.2, 0) is 0 Å². The van der Waals surface area contributed by atoms with Crippen LogP contribution >= 0.6 is 27.3 Å². The van der Waals surface area contributed by atoms with Gasteiger partial charge in [0, 0.05) is 25.9 Å². The van der Waals surface area contributed by atoms with Gasteiger partial charge in [-0.1, -0.05) is 6.07 Å². The highest BCUT2D eigenvalue weighted by molar-refractivity contribution is 9.10. The molecule has 2 amide bonds. The third-order valence-electron chi connectivity index (χ3n) is 2.43. The Bertz CT molecular complexity index is 699. The van der Waals surface area contributed by atoms with Gasteiger partial charge in [-0.15, -0.1) is 11.3 Å². The van der Waals surface area contributed by atoms with Crippen molar-refractivity contribution in [2.45, 2.75) is 0 Å². The monoisotopic (exact) mass is 367 g/mol. The summed E-state index contributed by atoms with van der Waals surface area (Å²) in [4.78, 5) is 24.0. The number of benzene rings is 1. The van der Waals surface area contributed by atoms with Crippen LogP contribution in [0.3, 0.4) is 0 Å². The van der Waals surface area contributed by atoms with Gasteiger partial charge in [0.25, 0.3) is 11.8 Å². The van der Waals surface area contributed by atoms with E-state index in [1.165, 1.54) is 35.2 Å². The summed E-state index contributed by atoms with van der Waals surface area (Å²) in [6, 6.07) is 7.79. The van der Waals surface area contributed by atoms with Gasteiger partial charge in [-0.2, -0.15) is 5.10 Å². The number of amides is 2. The van der Waals surface area contributed by atoms with Crippen molar-refractivity contribution < 1.29 is 14.8 Å². The molecule has 0 fully saturated rings. The number of nitrogens with zero attached hydrogens (tertiary/aromatic N) is 1. The van der Waals surface area contributed by atoms with Crippen molar-refractivity contribution in [3.63, 3.8) is 0 Å². The lowest BCUT2D eigenvalue weighted by Crippen LogP contribution is -2.21. The molecule has 3 N–H and O–H groups in total. The largest absolute Gasteiger partial charge is 0.288 e. The van der Waals surface area contributed by atoms with Crippen molar-refractivity contribution in [2.24, 2.45) is 5.10 Å². The number of rotatable bonds is 4. The van der Waals surface area contributed by atoms with E-state index in [1.807, 2.05) is 11.4 Å². The molecular formula is C13H10BrN3O3S. The van der Waals surface area contributed by atoms with Crippen molar-refractivity contribution in [3.05, 3.63) is 56.2 Å². The fourth-order valence-electron chi connectivity index (χ4n) is 1.48. The maximum atomic E-state index is 11.9. The maximum Gasteiger partial charge on any atom is 0.274 e. The zero-order chi connectivity index (χ0) is 15.2. The summed E-state index contributed by atoms with van der Waals surface area (Å²) in [5.41, 5.74) is 4.32. The topological polar surface area (TPSA) is 90.8 Å². The zero-order valence-electron chi connectivity index (χ0n) is 10.5. The number of halogens is 1. The smallest absolute Gasteiger partial charge is 0.274 e. The predicted molar refractivity (Wildman–Crippen MR) is 82.8 cm³/mol. The highest BCUT2D eigenvalue weighted by Gasteiger charge is 2.09. The van der Waals surface area contributed by atoms with Crippen LogP contribution in [0.1, 0.15) is 25.6 Å². The van der Waals surface area contributed by atoms with Crippen molar-refractivity contribution in [1.82, 2.24) is 10.9 Å². The van der Waals surface area contributed by atoms with Crippen molar-refractivity contribution in [2.75, 3.05) is 0 Å². The molecule has 108 valence electrons. The molecule has 0 saturated carbocycles. The Morgan fingerprint density at radius 1 is 1.24 bits per heavy atom. The van der Waals surface area contributed by atoms with Gasteiger partial charge in [0.05, 0.1) is 6.21 Å². The van der Waals surface area contributed by atoms with E-state index in [0.29, 0.717) is 0 Å². The Labute approximate surface area is 132 Å². The second-order valence-corrected chi connectivity index (χ2v) is 5.75. The first-order chi connectivity index (χ1) is 10.1. The molecule has 1 heterocycles. The lowest BCUT2D eigenvalue weighted by atomic mass is 10.1. The molecule has 0 aliphatic rings. The summed E-state index contributed by atoms with van der Waals surface area (Å²) in [7, 11) is 0. The number of carbonyl (C=O) groups is 2. The first-order valence-corrected chi connectivity index (χ1v) is 7.39. The number of hydrogen-bond acceptors (Lipinski definition) is 5. The van der Waals surface area contributed by atoms with Crippen LogP contribution in [0.25, 0.3) is 0 Å². The third kappa shape index (κ3) is 4.22. The summed E-state index contributed by atoms with van der Waals surface area (Å²) in [5.74, 6) is -1.13. The van der Waals surface area contributed by atoms with Crippen LogP contribution in [0.4, 0.5) is 0 Å². The highest BCUT2D eigenvalue weighted by Crippen LogP contribution is 2.17. The van der Waals surface area contributed by atoms with Crippen LogP contribution in [-0.4, -0.2) is 23.2 Å². The molecule has 2 aromatic rings. The quantitative estimate of drug-likeness (QED) is 0.440. The van der Waals surface area contributed by atoms with E-state index in [2.05, 4.69) is 26.5 Å². The predicted octanol–water partition coefficient (Wildman–Crippen LogP) is 2.39. The third-order valence-corrected chi connectivity index (χ3v) is 4.06. The molecule has 1 aromatic carbocycles. The van der Waals surface area contributed by atoms with E-state index in [0.717, 1.165) is 9.35 Å². The number of hydroxylamine groups is 1. The van der Waals surface area contributed by atoms with Gasteiger partial charge in [-0.05, 0) is 40.2 Å². The average Bonchev–Trinajstić information content (AvgIpc) is 2.92. The summed E-state index contributed by atoms with van der Waals surface area (Å²) >= 11 is 4.80. The van der Waals surface area contributed by atoms with Crippen molar-refractivity contribution >= 4 is 45.3 Å². The standard InChI is InChI=1S/C13H10BrN3O3S/c14-10-5-11(21-7-10)6-15-16-12(18)8-2-1-3-9(4-8)13(19)17-20/h1-7,20H,(H,16,18)(H,17,19)/b15-6+. The van der Waals surface area contributed by atoms with Crippen LogP contribution in [0, 0.1) is 0 Å². The molecule has 0 aliphatic heterocycles. The first kappa shape index (κ1) is 15.4. The molecule has 0 saturated heterocycles. The fraction of sp³-hybridized carbons (Fsp3) is 0. The van der Waals surface area contributed by atoms with Gasteiger partial charge in [0.2, 0.25) is 0 Å². The number of nitrogens with one attached hydrogen (secondary N) is 2. The molecule has 2 rings (SSSR count). The van der Waals surface area contributed by atoms with Gasteiger partial charge >= 0.3 is 0 Å². The number of thiophene rings is 1. The second kappa shape index (κ2) is 7.11. The van der Waals surface area contributed by atoms with E-state index >= 15 is 0 Å². The van der Waals surface area contributed by atoms with Gasteiger partial charge in [0.15, 0.2) is 0 Å². The van der Waals surface area contributed by atoms with Crippen LogP contribution < -0.4 is 10.9 Å². The van der Waals surface area contributed by atoms with E-state index in [4.69, 9.17) is 5.21 Å². The summed E-state index contributed by atoms with van der Waals surface area (Å²) in [6.45, 7) is 0. The number of carbonyl (C=O) groups excluding carboxylic acids is 2. The van der Waals surface area contributed by atoms with Crippen LogP contribution in [0.2, 0.25) is 0 Å². The first-order valence-electron chi connectivity index (χ1n) is 5.72. The highest BCUT2D eigenvalue weighted by atomic mass is 79.9. The lowest BCUT2D eigenvalue weighted by Gasteiger charge is -2.02. The summed E-state index contributed by atoms with van der Waals surface area (Å²) in [5, 5.41) is 14.3. The van der Waals surface area contributed by atoms with Crippen molar-refractivity contribution in [3.8, 4) is 0 Å². The fourth-order valence-corrected chi connectivity index (χ4v) is 2.79. The minimum absolute atomic E-state index is 0.177. The van der Waals surface area contributed by atoms with E-state index in [-0.39, 0.29) is 11.1 Å². The Hall–Kier alpha value is -2.03. The Balaban J connectivity index is 2.03. The van der Waals surface area contributed by atoms with Gasteiger partial charge in [-0.3, -0.25) is 14.8 Å². The molecule has 0 spiro atoms. The zero-order valence-corrected chi connectivity index (χ0v) is 12.9. The SMILES string of the molecule is O=C(NO)c1cccc(C(=O)N/N=C/c2cc(Br)cs2)c1. The Morgan fingerprint density at radius 2 is 1.95 bits per heavy atom. The minimum atomic E-state index is -0.684. The Morgan fingerprint density at radius 3 is 2.57 bits per heavy atom. The van der Waals surface area contributed by atoms with Crippen LogP contribution in [0.5, 0.6) is 0 Å². The molecule has 0 unspecified atom stereocenters. The molecular weight excluding hydrogens is 358 g/mol. The Kier molecular flexibility index (Phi) is 5.20. The summed E-state index contributed by atoms with van der Waals surface area (Å²) < 4.78 is 0.947. The average molecular weight is 368 g/mol. The molecule has 0 bridgehead atoms. The molecule has 21 heavy (non-hydrogen) atoms. The second-order valence-electron chi connectivity index (χ2n) is 3.89. The molecule has 1 aromatic heterocycles. The number of hydrazone groups is 1. The molecule has 0 radical (unpaired) electrons. The molecule has 8 heteroatoms. The minimum Gasteiger partial charge on any atom is -0.288 e. The van der Waals surface area contributed by atoms with Gasteiger partial charge in [-0.25, -0.2) is 10.9 Å².